The standard InChI is InChI=1S/C14H15N3O3S/c1-3-20-14(19)12-13(21-8-15-12)17-11-6-4-5-10(7-11)16-9(2)18/h4-8,17H,3H2,1-2H3,(H,16,18). The van der Waals surface area contributed by atoms with Gasteiger partial charge in [-0.1, -0.05) is 6.07 Å². The van der Waals surface area contributed by atoms with E-state index in [1.165, 1.54) is 18.3 Å². The molecule has 0 fully saturated rings. The number of nitrogens with one attached hydrogen (secondary N) is 2. The number of carbonyl (C=O) groups excluding carboxylic acids is 2. The quantitative estimate of drug-likeness (QED) is 0.830. The Morgan fingerprint density at radius 1 is 1.33 bits per heavy atom. The summed E-state index contributed by atoms with van der Waals surface area (Å²) in [6.45, 7) is 3.49. The highest BCUT2D eigenvalue weighted by Crippen LogP contribution is 2.26. The largest absolute Gasteiger partial charge is 0.461 e. The lowest BCUT2D eigenvalue weighted by molar-refractivity contribution is -0.114. The van der Waals surface area contributed by atoms with Crippen LogP contribution in [0, 0.1) is 0 Å². The highest BCUT2D eigenvalue weighted by molar-refractivity contribution is 7.14. The summed E-state index contributed by atoms with van der Waals surface area (Å²) in [5.41, 5.74) is 3.25. The van der Waals surface area contributed by atoms with Gasteiger partial charge in [0.1, 0.15) is 5.00 Å². The van der Waals surface area contributed by atoms with Gasteiger partial charge in [-0.15, -0.1) is 11.3 Å². The number of rotatable bonds is 5. The molecule has 1 aromatic heterocycles. The van der Waals surface area contributed by atoms with Crippen molar-refractivity contribution in [3.8, 4) is 0 Å². The van der Waals surface area contributed by atoms with Crippen LogP contribution in [0.25, 0.3) is 0 Å². The summed E-state index contributed by atoms with van der Waals surface area (Å²) in [6, 6.07) is 7.19. The average molecular weight is 305 g/mol. The summed E-state index contributed by atoms with van der Waals surface area (Å²) < 4.78 is 4.95. The van der Waals surface area contributed by atoms with Gasteiger partial charge in [-0.25, -0.2) is 9.78 Å². The average Bonchev–Trinajstić information content (AvgIpc) is 2.87. The van der Waals surface area contributed by atoms with Crippen molar-refractivity contribution in [2.75, 3.05) is 17.2 Å². The number of nitrogens with zero attached hydrogens (tertiary/aromatic N) is 1. The van der Waals surface area contributed by atoms with Crippen LogP contribution in [0.3, 0.4) is 0 Å². The zero-order valence-electron chi connectivity index (χ0n) is 11.7. The summed E-state index contributed by atoms with van der Waals surface area (Å²) in [6.07, 6.45) is 0. The summed E-state index contributed by atoms with van der Waals surface area (Å²) in [5.74, 6) is -0.601. The van der Waals surface area contributed by atoms with Crippen LogP contribution in [0.1, 0.15) is 24.3 Å². The van der Waals surface area contributed by atoms with Gasteiger partial charge < -0.3 is 15.4 Å². The molecule has 6 nitrogen and oxygen atoms in total. The minimum Gasteiger partial charge on any atom is -0.461 e. The molecule has 0 spiro atoms. The predicted molar refractivity (Wildman–Crippen MR) is 82.1 cm³/mol. The third-order valence-corrected chi connectivity index (χ3v) is 3.22. The molecule has 0 aliphatic rings. The molecule has 110 valence electrons. The minimum absolute atomic E-state index is 0.142. The van der Waals surface area contributed by atoms with Crippen LogP contribution in [-0.2, 0) is 9.53 Å². The van der Waals surface area contributed by atoms with Crippen LogP contribution >= 0.6 is 11.3 Å². The van der Waals surface area contributed by atoms with Crippen LogP contribution in [0.2, 0.25) is 0 Å². The highest BCUT2D eigenvalue weighted by Gasteiger charge is 2.16. The fourth-order valence-electron chi connectivity index (χ4n) is 1.69. The van der Waals surface area contributed by atoms with E-state index in [0.29, 0.717) is 17.3 Å². The third kappa shape index (κ3) is 4.03. The summed E-state index contributed by atoms with van der Waals surface area (Å²) in [7, 11) is 0. The number of thiazole rings is 1. The van der Waals surface area contributed by atoms with E-state index >= 15 is 0 Å². The van der Waals surface area contributed by atoms with E-state index in [1.807, 2.05) is 6.07 Å². The van der Waals surface area contributed by atoms with E-state index in [2.05, 4.69) is 15.6 Å². The van der Waals surface area contributed by atoms with E-state index in [1.54, 1.807) is 30.6 Å². The second kappa shape index (κ2) is 6.85. The lowest BCUT2D eigenvalue weighted by Gasteiger charge is -2.08. The number of anilines is 3. The molecule has 2 rings (SSSR count). The molecule has 2 aromatic rings. The van der Waals surface area contributed by atoms with Crippen molar-refractivity contribution in [3.05, 3.63) is 35.5 Å². The van der Waals surface area contributed by atoms with Crippen molar-refractivity contribution in [2.24, 2.45) is 0 Å². The lowest BCUT2D eigenvalue weighted by Crippen LogP contribution is -2.08. The molecular formula is C14H15N3O3S. The molecule has 0 saturated carbocycles. The Labute approximate surface area is 126 Å². The fraction of sp³-hybridized carbons (Fsp3) is 0.214. The van der Waals surface area contributed by atoms with Gasteiger partial charge in [0, 0.05) is 18.3 Å². The number of hydrogen-bond acceptors (Lipinski definition) is 6. The van der Waals surface area contributed by atoms with Crippen LogP contribution in [0.5, 0.6) is 0 Å². The van der Waals surface area contributed by atoms with E-state index in [9.17, 15) is 9.59 Å². The van der Waals surface area contributed by atoms with E-state index < -0.39 is 5.97 Å². The van der Waals surface area contributed by atoms with E-state index in [4.69, 9.17) is 4.74 Å². The van der Waals surface area contributed by atoms with Crippen molar-refractivity contribution < 1.29 is 14.3 Å². The maximum Gasteiger partial charge on any atom is 0.360 e. The first kappa shape index (κ1) is 15.0. The van der Waals surface area contributed by atoms with Gasteiger partial charge in [-0.05, 0) is 25.1 Å². The Morgan fingerprint density at radius 3 is 2.81 bits per heavy atom. The third-order valence-electron chi connectivity index (χ3n) is 2.48. The number of ether oxygens (including phenoxy) is 1. The minimum atomic E-state index is -0.459. The van der Waals surface area contributed by atoms with Gasteiger partial charge in [0.05, 0.1) is 12.1 Å². The molecular weight excluding hydrogens is 290 g/mol. The zero-order chi connectivity index (χ0) is 15.2. The molecule has 1 aromatic carbocycles. The SMILES string of the molecule is CCOC(=O)c1ncsc1Nc1cccc(NC(C)=O)c1. The maximum absolute atomic E-state index is 11.8. The zero-order valence-corrected chi connectivity index (χ0v) is 12.5. The topological polar surface area (TPSA) is 80.3 Å². The van der Waals surface area contributed by atoms with Gasteiger partial charge in [-0.3, -0.25) is 4.79 Å². The molecule has 0 aliphatic heterocycles. The maximum atomic E-state index is 11.8. The predicted octanol–water partition coefficient (Wildman–Crippen LogP) is 3.02. The highest BCUT2D eigenvalue weighted by atomic mass is 32.1. The Bertz CT molecular complexity index is 654. The van der Waals surface area contributed by atoms with Gasteiger partial charge in [-0.2, -0.15) is 0 Å². The number of aromatic nitrogens is 1. The van der Waals surface area contributed by atoms with Gasteiger partial charge >= 0.3 is 5.97 Å². The van der Waals surface area contributed by atoms with Gasteiger partial charge in [0.2, 0.25) is 5.91 Å². The van der Waals surface area contributed by atoms with Crippen LogP contribution in [0.4, 0.5) is 16.4 Å². The van der Waals surface area contributed by atoms with Gasteiger partial charge in [0.25, 0.3) is 0 Å². The lowest BCUT2D eigenvalue weighted by atomic mass is 10.2. The van der Waals surface area contributed by atoms with Crippen molar-refractivity contribution in [2.45, 2.75) is 13.8 Å². The Kier molecular flexibility index (Phi) is 4.89. The molecule has 1 amide bonds. The van der Waals surface area contributed by atoms with Crippen LogP contribution in [-0.4, -0.2) is 23.5 Å². The molecule has 0 atom stereocenters. The number of carbonyl (C=O) groups is 2. The van der Waals surface area contributed by atoms with Crippen LogP contribution in [0.15, 0.2) is 29.8 Å². The Balaban J connectivity index is 2.17. The second-order valence-corrected chi connectivity index (χ2v) is 4.99. The fourth-order valence-corrected chi connectivity index (χ4v) is 2.38. The summed E-state index contributed by atoms with van der Waals surface area (Å²) in [4.78, 5) is 26.8. The number of hydrogen-bond donors (Lipinski definition) is 2. The molecule has 7 heteroatoms. The second-order valence-electron chi connectivity index (χ2n) is 4.14. The number of benzene rings is 1. The molecule has 1 heterocycles. The Hall–Kier alpha value is -2.41. The summed E-state index contributed by atoms with van der Waals surface area (Å²) >= 11 is 1.31. The van der Waals surface area contributed by atoms with Crippen molar-refractivity contribution in [3.63, 3.8) is 0 Å². The normalized spacial score (nSPS) is 10.0. The van der Waals surface area contributed by atoms with Crippen molar-refractivity contribution in [1.82, 2.24) is 4.98 Å². The molecule has 0 radical (unpaired) electrons. The smallest absolute Gasteiger partial charge is 0.360 e. The number of amides is 1. The molecule has 0 bridgehead atoms. The first-order chi connectivity index (χ1) is 10.1. The Morgan fingerprint density at radius 2 is 2.10 bits per heavy atom. The monoisotopic (exact) mass is 305 g/mol. The molecule has 0 unspecified atom stereocenters. The molecule has 0 aliphatic carbocycles. The van der Waals surface area contributed by atoms with Crippen LogP contribution < -0.4 is 10.6 Å². The van der Waals surface area contributed by atoms with E-state index in [-0.39, 0.29) is 11.6 Å². The first-order valence-corrected chi connectivity index (χ1v) is 7.23. The van der Waals surface area contributed by atoms with E-state index in [0.717, 1.165) is 5.69 Å². The van der Waals surface area contributed by atoms with Crippen molar-refractivity contribution in [1.29, 1.82) is 0 Å². The summed E-state index contributed by atoms with van der Waals surface area (Å²) in [5, 5.41) is 6.41. The molecule has 0 saturated heterocycles. The number of esters is 1. The first-order valence-electron chi connectivity index (χ1n) is 6.35. The van der Waals surface area contributed by atoms with Crippen molar-refractivity contribution >= 4 is 39.6 Å². The molecule has 2 N–H and O–H groups in total. The van der Waals surface area contributed by atoms with Gasteiger partial charge in [0.15, 0.2) is 5.69 Å². The molecule has 21 heavy (non-hydrogen) atoms.